The lowest BCUT2D eigenvalue weighted by Crippen LogP contribution is -2.40. The van der Waals surface area contributed by atoms with Gasteiger partial charge in [0, 0.05) is 11.8 Å². The molecular weight excluding hydrogens is 308 g/mol. The number of hydrogen-bond acceptors (Lipinski definition) is 2. The van der Waals surface area contributed by atoms with E-state index in [4.69, 9.17) is 4.74 Å². The van der Waals surface area contributed by atoms with Crippen LogP contribution in [0.15, 0.2) is 34.9 Å². The average molecular weight is 341 g/mol. The van der Waals surface area contributed by atoms with E-state index in [0.29, 0.717) is 30.1 Å². The third kappa shape index (κ3) is 3.18. The average Bonchev–Trinajstić information content (AvgIpc) is 3.13. The first-order chi connectivity index (χ1) is 12.1. The molecule has 0 radical (unpaired) electrons. The van der Waals surface area contributed by atoms with Gasteiger partial charge in [0.05, 0.1) is 12.7 Å². The first kappa shape index (κ1) is 17.3. The van der Waals surface area contributed by atoms with Gasteiger partial charge in [-0.1, -0.05) is 45.3 Å². The standard InChI is InChI=1S/C23H32O2/c1-3-22-21-10-8-16-14-17(24)9-11-19(16)20(21)12-13-23(22,2)15-25-18-6-4-5-7-18/h12-14,18,21-22H,3-11,15H2,1-2H3/t21-,22+,23-/m1/s1. The zero-order valence-corrected chi connectivity index (χ0v) is 15.9. The van der Waals surface area contributed by atoms with Crippen LogP contribution >= 0.6 is 0 Å². The molecule has 4 aliphatic rings. The van der Waals surface area contributed by atoms with Crippen LogP contribution < -0.4 is 0 Å². The minimum atomic E-state index is 0.151. The molecule has 0 spiro atoms. The first-order valence-electron chi connectivity index (χ1n) is 10.4. The summed E-state index contributed by atoms with van der Waals surface area (Å²) in [4.78, 5) is 11.8. The summed E-state index contributed by atoms with van der Waals surface area (Å²) >= 11 is 0. The molecule has 3 atom stereocenters. The quantitative estimate of drug-likeness (QED) is 0.671. The van der Waals surface area contributed by atoms with Crippen molar-refractivity contribution in [3.05, 3.63) is 34.9 Å². The maximum atomic E-state index is 11.8. The van der Waals surface area contributed by atoms with Crippen LogP contribution in [0.2, 0.25) is 0 Å². The van der Waals surface area contributed by atoms with Crippen molar-refractivity contribution >= 4 is 5.78 Å². The first-order valence-corrected chi connectivity index (χ1v) is 10.4. The molecule has 2 nitrogen and oxygen atoms in total. The van der Waals surface area contributed by atoms with E-state index in [1.54, 1.807) is 0 Å². The third-order valence-electron chi connectivity index (χ3n) is 7.17. The van der Waals surface area contributed by atoms with Crippen molar-refractivity contribution in [3.8, 4) is 0 Å². The van der Waals surface area contributed by atoms with Crippen molar-refractivity contribution in [2.24, 2.45) is 17.3 Å². The molecule has 1 fully saturated rings. The number of rotatable bonds is 4. The zero-order valence-electron chi connectivity index (χ0n) is 15.9. The monoisotopic (exact) mass is 340 g/mol. The van der Waals surface area contributed by atoms with Crippen molar-refractivity contribution in [1.29, 1.82) is 0 Å². The molecule has 0 N–H and O–H groups in total. The molecule has 4 aliphatic carbocycles. The molecule has 0 amide bonds. The van der Waals surface area contributed by atoms with E-state index in [0.717, 1.165) is 19.4 Å². The van der Waals surface area contributed by atoms with Gasteiger partial charge in [-0.2, -0.15) is 0 Å². The molecule has 0 aromatic rings. The topological polar surface area (TPSA) is 26.3 Å². The molecule has 0 saturated heterocycles. The van der Waals surface area contributed by atoms with Gasteiger partial charge >= 0.3 is 0 Å². The van der Waals surface area contributed by atoms with Gasteiger partial charge in [0.15, 0.2) is 5.78 Å². The van der Waals surface area contributed by atoms with Gasteiger partial charge in [0.1, 0.15) is 0 Å². The molecule has 2 heteroatoms. The molecule has 0 aliphatic heterocycles. The van der Waals surface area contributed by atoms with Gasteiger partial charge in [-0.15, -0.1) is 0 Å². The lowest BCUT2D eigenvalue weighted by molar-refractivity contribution is -0.114. The van der Waals surface area contributed by atoms with E-state index in [1.165, 1.54) is 55.2 Å². The zero-order chi connectivity index (χ0) is 17.4. The van der Waals surface area contributed by atoms with Gasteiger partial charge in [-0.05, 0) is 66.7 Å². The van der Waals surface area contributed by atoms with Gasteiger partial charge in [-0.25, -0.2) is 0 Å². The smallest absolute Gasteiger partial charge is 0.156 e. The molecule has 1 saturated carbocycles. The maximum absolute atomic E-state index is 11.8. The van der Waals surface area contributed by atoms with Crippen LogP contribution in [0.25, 0.3) is 0 Å². The molecule has 136 valence electrons. The van der Waals surface area contributed by atoms with E-state index in [2.05, 4.69) is 26.0 Å². The second-order valence-corrected chi connectivity index (χ2v) is 8.79. The van der Waals surface area contributed by atoms with Crippen LogP contribution in [0.1, 0.15) is 71.6 Å². The third-order valence-corrected chi connectivity index (χ3v) is 7.17. The van der Waals surface area contributed by atoms with Crippen LogP contribution in [-0.2, 0) is 9.53 Å². The van der Waals surface area contributed by atoms with Crippen LogP contribution in [0, 0.1) is 17.3 Å². The van der Waals surface area contributed by atoms with Crippen molar-refractivity contribution in [2.75, 3.05) is 6.61 Å². The van der Waals surface area contributed by atoms with Crippen LogP contribution in [0.4, 0.5) is 0 Å². The number of carbonyl (C=O) groups excluding carboxylic acids is 1. The number of ketones is 1. The highest BCUT2D eigenvalue weighted by Gasteiger charge is 2.43. The van der Waals surface area contributed by atoms with Crippen molar-refractivity contribution in [2.45, 2.75) is 77.7 Å². The number of allylic oxidation sites excluding steroid dienone is 5. The number of fused-ring (bicyclic) bond motifs is 2. The maximum Gasteiger partial charge on any atom is 0.156 e. The highest BCUT2D eigenvalue weighted by molar-refractivity contribution is 5.93. The van der Waals surface area contributed by atoms with Crippen LogP contribution in [0.5, 0.6) is 0 Å². The van der Waals surface area contributed by atoms with Crippen molar-refractivity contribution in [3.63, 3.8) is 0 Å². The van der Waals surface area contributed by atoms with Gasteiger partial charge < -0.3 is 4.74 Å². The summed E-state index contributed by atoms with van der Waals surface area (Å²) in [6, 6.07) is 0. The number of hydrogen-bond donors (Lipinski definition) is 0. The fraction of sp³-hybridized carbons (Fsp3) is 0.696. The van der Waals surface area contributed by atoms with Crippen molar-refractivity contribution < 1.29 is 9.53 Å². The fourth-order valence-corrected chi connectivity index (χ4v) is 5.77. The Kier molecular flexibility index (Phi) is 4.75. The minimum Gasteiger partial charge on any atom is -0.377 e. The van der Waals surface area contributed by atoms with Gasteiger partial charge in [0.25, 0.3) is 0 Å². The SMILES string of the molecule is CC[C@H]1[C@@H]2CCC3=CC(=O)CCC3=C2C=C[C@]1(C)COC1CCCC1. The largest absolute Gasteiger partial charge is 0.377 e. The molecular formula is C23H32O2. The summed E-state index contributed by atoms with van der Waals surface area (Å²) in [5, 5.41) is 0. The predicted molar refractivity (Wildman–Crippen MR) is 101 cm³/mol. The molecule has 0 bridgehead atoms. The van der Waals surface area contributed by atoms with Gasteiger partial charge in [-0.3, -0.25) is 4.79 Å². The molecule has 4 rings (SSSR count). The molecule has 0 aromatic carbocycles. The lowest BCUT2D eigenvalue weighted by atomic mass is 9.59. The molecule has 0 unspecified atom stereocenters. The Hall–Kier alpha value is -1.15. The van der Waals surface area contributed by atoms with E-state index in [-0.39, 0.29) is 5.41 Å². The van der Waals surface area contributed by atoms with Gasteiger partial charge in [0.2, 0.25) is 0 Å². The Labute approximate surface area is 152 Å². The lowest BCUT2D eigenvalue weighted by Gasteiger charge is -2.47. The normalized spacial score (nSPS) is 35.6. The van der Waals surface area contributed by atoms with E-state index in [9.17, 15) is 4.79 Å². The summed E-state index contributed by atoms with van der Waals surface area (Å²) in [6.45, 7) is 5.62. The Morgan fingerprint density at radius 3 is 2.72 bits per heavy atom. The van der Waals surface area contributed by atoms with E-state index < -0.39 is 0 Å². The summed E-state index contributed by atoms with van der Waals surface area (Å²) in [6.07, 6.45) is 17.5. The number of ether oxygens (including phenoxy) is 1. The summed E-state index contributed by atoms with van der Waals surface area (Å²) < 4.78 is 6.35. The second kappa shape index (κ2) is 6.87. The van der Waals surface area contributed by atoms with Crippen molar-refractivity contribution in [1.82, 2.24) is 0 Å². The Morgan fingerprint density at radius 1 is 1.16 bits per heavy atom. The fourth-order valence-electron chi connectivity index (χ4n) is 5.77. The molecule has 0 aromatic heterocycles. The molecule has 0 heterocycles. The predicted octanol–water partition coefficient (Wildman–Crippen LogP) is 5.54. The van der Waals surface area contributed by atoms with Crippen LogP contribution in [0.3, 0.4) is 0 Å². The Bertz CT molecular complexity index is 632. The Balaban J connectivity index is 1.60. The van der Waals surface area contributed by atoms with E-state index >= 15 is 0 Å². The summed E-state index contributed by atoms with van der Waals surface area (Å²) in [5.41, 5.74) is 4.50. The van der Waals surface area contributed by atoms with E-state index in [1.807, 2.05) is 6.08 Å². The molecule has 25 heavy (non-hydrogen) atoms. The summed E-state index contributed by atoms with van der Waals surface area (Å²) in [7, 11) is 0. The number of carbonyl (C=O) groups is 1. The summed E-state index contributed by atoms with van der Waals surface area (Å²) in [5.74, 6) is 1.62. The van der Waals surface area contributed by atoms with Crippen LogP contribution in [-0.4, -0.2) is 18.5 Å². The Morgan fingerprint density at radius 2 is 1.96 bits per heavy atom. The second-order valence-electron chi connectivity index (χ2n) is 8.79. The minimum absolute atomic E-state index is 0.151. The highest BCUT2D eigenvalue weighted by atomic mass is 16.5. The highest BCUT2D eigenvalue weighted by Crippen LogP contribution is 2.52.